The Morgan fingerprint density at radius 1 is 0.667 bits per heavy atom. The van der Waals surface area contributed by atoms with Crippen molar-refractivity contribution in [3.05, 3.63) is 77.9 Å². The molecule has 0 bridgehead atoms. The molecule has 0 aliphatic heterocycles. The van der Waals surface area contributed by atoms with Gasteiger partial charge in [-0.25, -0.2) is 23.2 Å². The van der Waals surface area contributed by atoms with E-state index in [0.717, 1.165) is 30.3 Å². The summed E-state index contributed by atoms with van der Waals surface area (Å²) in [5.74, 6) is -7.10. The second kappa shape index (κ2) is 16.3. The fourth-order valence-corrected chi connectivity index (χ4v) is 3.87. The van der Waals surface area contributed by atoms with E-state index >= 15 is 0 Å². The molecule has 48 heavy (non-hydrogen) atoms. The summed E-state index contributed by atoms with van der Waals surface area (Å²) in [5, 5.41) is 0. The second-order valence-corrected chi connectivity index (χ2v) is 9.81. The Labute approximate surface area is 266 Å². The molecule has 0 unspecified atom stereocenters. The summed E-state index contributed by atoms with van der Waals surface area (Å²) in [7, 11) is 0. The molecule has 1 aliphatic carbocycles. The van der Waals surface area contributed by atoms with Crippen molar-refractivity contribution in [3.8, 4) is 17.2 Å². The molecule has 1 aliphatic rings. The quantitative estimate of drug-likeness (QED) is 0.0714. The summed E-state index contributed by atoms with van der Waals surface area (Å²) >= 11 is 0. The summed E-state index contributed by atoms with van der Waals surface area (Å²) in [6.07, 6.45) is -9.38. The molecule has 2 aromatic rings. The van der Waals surface area contributed by atoms with Crippen molar-refractivity contribution in [1.29, 1.82) is 0 Å². The van der Waals surface area contributed by atoms with E-state index in [9.17, 15) is 49.5 Å². The Kier molecular flexibility index (Phi) is 12.8. The molecule has 10 nitrogen and oxygen atoms in total. The van der Waals surface area contributed by atoms with Crippen molar-refractivity contribution in [3.63, 3.8) is 0 Å². The SMILES string of the molecule is C=C(C(=O)OCOc1ccc(OCOC2CCC(OC(=O)c3ccc(OCOC(=O)C(=C)C(F)(F)F)cc3F)CC2)c(F)c1)C(F)(F)F. The fraction of sp³-hybridized carbons (Fsp3) is 0.367. The Morgan fingerprint density at radius 2 is 1.15 bits per heavy atom. The van der Waals surface area contributed by atoms with Crippen LogP contribution in [-0.4, -0.2) is 62.8 Å². The predicted molar refractivity (Wildman–Crippen MR) is 144 cm³/mol. The summed E-state index contributed by atoms with van der Waals surface area (Å²) in [6.45, 7) is 2.89. The van der Waals surface area contributed by atoms with Gasteiger partial charge in [0.1, 0.15) is 34.6 Å². The summed E-state index contributed by atoms with van der Waals surface area (Å²) in [5.41, 5.74) is -3.92. The van der Waals surface area contributed by atoms with E-state index in [1.807, 2.05) is 0 Å². The summed E-state index contributed by atoms with van der Waals surface area (Å²) in [4.78, 5) is 35.0. The minimum Gasteiger partial charge on any atom is -0.464 e. The number of hydrogen-bond donors (Lipinski definition) is 0. The van der Waals surface area contributed by atoms with Crippen molar-refractivity contribution in [2.45, 2.75) is 50.2 Å². The number of carbonyl (C=O) groups excluding carboxylic acids is 3. The number of rotatable bonds is 14. The monoisotopic (exact) mass is 698 g/mol. The maximum absolute atomic E-state index is 14.5. The minimum absolute atomic E-state index is 0.166. The van der Waals surface area contributed by atoms with Gasteiger partial charge in [-0.3, -0.25) is 0 Å². The normalized spacial score (nSPS) is 16.3. The molecule has 262 valence electrons. The average molecular weight is 699 g/mol. The first-order valence-corrected chi connectivity index (χ1v) is 13.6. The third-order valence-electron chi connectivity index (χ3n) is 6.49. The first kappa shape index (κ1) is 37.6. The molecule has 0 heterocycles. The Morgan fingerprint density at radius 3 is 1.62 bits per heavy atom. The molecule has 0 aromatic heterocycles. The fourth-order valence-electron chi connectivity index (χ4n) is 3.87. The predicted octanol–water partition coefficient (Wildman–Crippen LogP) is 6.48. The van der Waals surface area contributed by atoms with E-state index in [0.29, 0.717) is 25.7 Å². The molecule has 0 radical (unpaired) electrons. The lowest BCUT2D eigenvalue weighted by molar-refractivity contribution is -0.157. The molecule has 1 saturated carbocycles. The van der Waals surface area contributed by atoms with Gasteiger partial charge in [0.2, 0.25) is 13.6 Å². The highest BCUT2D eigenvalue weighted by atomic mass is 19.4. The molecule has 18 heteroatoms. The van der Waals surface area contributed by atoms with Crippen LogP contribution < -0.4 is 14.2 Å². The molecule has 0 atom stereocenters. The van der Waals surface area contributed by atoms with Gasteiger partial charge in [0.15, 0.2) is 18.4 Å². The Hall–Kier alpha value is -4.87. The highest BCUT2D eigenvalue weighted by Gasteiger charge is 2.39. The zero-order chi connectivity index (χ0) is 35.6. The molecule has 3 rings (SSSR count). The van der Waals surface area contributed by atoms with Crippen LogP contribution in [-0.2, 0) is 28.5 Å². The third-order valence-corrected chi connectivity index (χ3v) is 6.49. The summed E-state index contributed by atoms with van der Waals surface area (Å²) < 4.78 is 138. The third kappa shape index (κ3) is 11.1. The van der Waals surface area contributed by atoms with E-state index in [1.165, 1.54) is 6.07 Å². The number of alkyl halides is 6. The van der Waals surface area contributed by atoms with Crippen molar-refractivity contribution >= 4 is 17.9 Å². The number of ether oxygens (including phenoxy) is 7. The lowest BCUT2D eigenvalue weighted by Crippen LogP contribution is -2.29. The summed E-state index contributed by atoms with van der Waals surface area (Å²) in [6, 6.07) is 6.12. The van der Waals surface area contributed by atoms with Crippen molar-refractivity contribution in [1.82, 2.24) is 0 Å². The zero-order valence-corrected chi connectivity index (χ0v) is 24.6. The molecule has 0 amide bonds. The molecular weight excluding hydrogens is 672 g/mol. The van der Waals surface area contributed by atoms with Gasteiger partial charge < -0.3 is 33.2 Å². The average Bonchev–Trinajstić information content (AvgIpc) is 3.01. The lowest BCUT2D eigenvalue weighted by Gasteiger charge is -2.28. The highest BCUT2D eigenvalue weighted by Crippen LogP contribution is 2.28. The maximum Gasteiger partial charge on any atom is 0.422 e. The molecule has 2 aromatic carbocycles. The Bertz CT molecular complexity index is 1500. The van der Waals surface area contributed by atoms with Crippen LogP contribution in [0.5, 0.6) is 17.2 Å². The molecule has 1 fully saturated rings. The number of benzene rings is 2. The van der Waals surface area contributed by atoms with Gasteiger partial charge in [-0.15, -0.1) is 0 Å². The Balaban J connectivity index is 1.36. The van der Waals surface area contributed by atoms with Crippen LogP contribution in [0.2, 0.25) is 0 Å². The molecular formula is C30H26F8O10. The number of halogens is 8. The maximum atomic E-state index is 14.5. The number of hydrogen-bond acceptors (Lipinski definition) is 10. The van der Waals surface area contributed by atoms with Crippen LogP contribution >= 0.6 is 0 Å². The van der Waals surface area contributed by atoms with Crippen molar-refractivity contribution in [2.75, 3.05) is 20.4 Å². The van der Waals surface area contributed by atoms with Gasteiger partial charge in [-0.05, 0) is 49.9 Å². The largest absolute Gasteiger partial charge is 0.464 e. The molecule has 0 spiro atoms. The zero-order valence-electron chi connectivity index (χ0n) is 24.6. The first-order chi connectivity index (χ1) is 22.5. The number of carbonyl (C=O) groups is 3. The standard InChI is InChI=1S/C30H26F8O10/c1-16(29(33,34)35)26(39)46-14-43-20-7-9-22(23(31)11-20)28(41)48-19-5-3-18(4-6-19)42-13-45-25-10-8-21(12-24(25)32)44-15-47-27(40)17(2)30(36,37)38/h7-12,18-19H,1-6,13-15H2. The van der Waals surface area contributed by atoms with E-state index in [1.54, 1.807) is 0 Å². The molecule has 0 N–H and O–H groups in total. The topological polar surface area (TPSA) is 116 Å². The van der Waals surface area contributed by atoms with E-state index in [4.69, 9.17) is 23.7 Å². The highest BCUT2D eigenvalue weighted by molar-refractivity contribution is 5.90. The smallest absolute Gasteiger partial charge is 0.422 e. The van der Waals surface area contributed by atoms with Crippen molar-refractivity contribution in [2.24, 2.45) is 0 Å². The van der Waals surface area contributed by atoms with Crippen LogP contribution in [0.1, 0.15) is 36.0 Å². The molecule has 0 saturated heterocycles. The van der Waals surface area contributed by atoms with Gasteiger partial charge in [0.25, 0.3) is 0 Å². The lowest BCUT2D eigenvalue weighted by atomic mass is 9.95. The number of esters is 3. The van der Waals surface area contributed by atoms with E-state index < -0.39 is 78.3 Å². The van der Waals surface area contributed by atoms with Crippen LogP contribution in [0.25, 0.3) is 0 Å². The first-order valence-electron chi connectivity index (χ1n) is 13.6. The van der Waals surface area contributed by atoms with Gasteiger partial charge in [-0.1, -0.05) is 13.2 Å². The minimum atomic E-state index is -4.99. The van der Waals surface area contributed by atoms with Gasteiger partial charge in [-0.2, -0.15) is 26.3 Å². The van der Waals surface area contributed by atoms with Gasteiger partial charge in [0.05, 0.1) is 11.7 Å². The van der Waals surface area contributed by atoms with Crippen LogP contribution in [0.4, 0.5) is 35.1 Å². The van der Waals surface area contributed by atoms with Crippen LogP contribution in [0.15, 0.2) is 60.7 Å². The van der Waals surface area contributed by atoms with Crippen molar-refractivity contribution < 1.29 is 82.7 Å². The van der Waals surface area contributed by atoms with Crippen LogP contribution in [0.3, 0.4) is 0 Å². The van der Waals surface area contributed by atoms with E-state index in [-0.39, 0.29) is 30.1 Å². The van der Waals surface area contributed by atoms with Gasteiger partial charge >= 0.3 is 30.3 Å². The van der Waals surface area contributed by atoms with Gasteiger partial charge in [0, 0.05) is 12.1 Å². The van der Waals surface area contributed by atoms with E-state index in [2.05, 4.69) is 22.6 Å². The van der Waals surface area contributed by atoms with Crippen LogP contribution in [0, 0.1) is 11.6 Å². The second-order valence-electron chi connectivity index (χ2n) is 9.81.